The summed E-state index contributed by atoms with van der Waals surface area (Å²) in [6.45, 7) is 0. The fourth-order valence-electron chi connectivity index (χ4n) is 1.92. The Morgan fingerprint density at radius 3 is 2.48 bits per heavy atom. The van der Waals surface area contributed by atoms with Gasteiger partial charge in [-0.05, 0) is 59.8 Å². The summed E-state index contributed by atoms with van der Waals surface area (Å²) in [5.74, 6) is -0.571. The van der Waals surface area contributed by atoms with Gasteiger partial charge in [0, 0.05) is 0 Å². The zero-order chi connectivity index (χ0) is 16.2. The Morgan fingerprint density at radius 2 is 1.83 bits per heavy atom. The largest absolute Gasteiger partial charge is 0.300 e. The average Bonchev–Trinajstić information content (AvgIpc) is 2.90. The van der Waals surface area contributed by atoms with Crippen LogP contribution in [0.15, 0.2) is 58.4 Å². The van der Waals surface area contributed by atoms with Crippen molar-refractivity contribution >= 4 is 34.6 Å². The van der Waals surface area contributed by atoms with Crippen LogP contribution in [0.1, 0.15) is 11.1 Å². The SMILES string of the molecule is N#Cc1ccc(/C=C2/SC(=Nc3ccc(F)cc3)NC2=O)cc1. The lowest BCUT2D eigenvalue weighted by Gasteiger charge is -1.96. The second-order valence-corrected chi connectivity index (χ2v) is 5.72. The van der Waals surface area contributed by atoms with Gasteiger partial charge in [0.05, 0.1) is 22.2 Å². The van der Waals surface area contributed by atoms with Gasteiger partial charge in [-0.2, -0.15) is 5.26 Å². The summed E-state index contributed by atoms with van der Waals surface area (Å²) >= 11 is 1.21. The van der Waals surface area contributed by atoms with Crippen molar-refractivity contribution in [2.75, 3.05) is 0 Å². The van der Waals surface area contributed by atoms with Crippen molar-refractivity contribution in [2.45, 2.75) is 0 Å². The summed E-state index contributed by atoms with van der Waals surface area (Å²) in [5.41, 5.74) is 1.95. The quantitative estimate of drug-likeness (QED) is 0.859. The van der Waals surface area contributed by atoms with Gasteiger partial charge in [0.1, 0.15) is 5.82 Å². The number of halogens is 1. The summed E-state index contributed by atoms with van der Waals surface area (Å²) in [6, 6.07) is 14.7. The van der Waals surface area contributed by atoms with E-state index in [4.69, 9.17) is 5.26 Å². The molecule has 4 nitrogen and oxygen atoms in total. The first-order valence-electron chi connectivity index (χ1n) is 6.69. The van der Waals surface area contributed by atoms with E-state index in [1.165, 1.54) is 36.0 Å². The molecule has 1 aliphatic heterocycles. The maximum Gasteiger partial charge on any atom is 0.264 e. The molecule has 0 spiro atoms. The number of nitrogens with zero attached hydrogens (tertiary/aromatic N) is 2. The standard InChI is InChI=1S/C17H10FN3OS/c18-13-5-7-14(8-6-13)20-17-21-16(22)15(23-17)9-11-1-3-12(10-19)4-2-11/h1-9H,(H,20,21,22)/b15-9+. The minimum absolute atomic E-state index is 0.236. The molecule has 23 heavy (non-hydrogen) atoms. The van der Waals surface area contributed by atoms with Gasteiger partial charge in [-0.3, -0.25) is 4.79 Å². The van der Waals surface area contributed by atoms with Crippen LogP contribution >= 0.6 is 11.8 Å². The van der Waals surface area contributed by atoms with Gasteiger partial charge < -0.3 is 5.32 Å². The first-order chi connectivity index (χ1) is 11.1. The lowest BCUT2D eigenvalue weighted by Crippen LogP contribution is -2.19. The van der Waals surface area contributed by atoms with Gasteiger partial charge in [0.25, 0.3) is 5.91 Å². The molecule has 1 fully saturated rings. The molecule has 1 saturated heterocycles. The molecule has 0 aliphatic carbocycles. The zero-order valence-corrected chi connectivity index (χ0v) is 12.6. The van der Waals surface area contributed by atoms with Gasteiger partial charge in [-0.25, -0.2) is 9.38 Å². The smallest absolute Gasteiger partial charge is 0.264 e. The van der Waals surface area contributed by atoms with Crippen LogP contribution in [0.3, 0.4) is 0 Å². The van der Waals surface area contributed by atoms with Crippen LogP contribution in [0.5, 0.6) is 0 Å². The highest BCUT2D eigenvalue weighted by Gasteiger charge is 2.23. The van der Waals surface area contributed by atoms with Gasteiger partial charge in [-0.15, -0.1) is 0 Å². The van der Waals surface area contributed by atoms with Crippen LogP contribution in [0.25, 0.3) is 6.08 Å². The molecular formula is C17H10FN3OS. The van der Waals surface area contributed by atoms with Crippen molar-refractivity contribution in [1.29, 1.82) is 5.26 Å². The van der Waals surface area contributed by atoms with Crippen LogP contribution in [0.2, 0.25) is 0 Å². The second-order valence-electron chi connectivity index (χ2n) is 4.69. The first-order valence-corrected chi connectivity index (χ1v) is 7.51. The van der Waals surface area contributed by atoms with E-state index < -0.39 is 0 Å². The van der Waals surface area contributed by atoms with E-state index in [1.54, 1.807) is 30.3 Å². The van der Waals surface area contributed by atoms with Crippen LogP contribution in [0, 0.1) is 17.1 Å². The second kappa shape index (κ2) is 6.46. The van der Waals surface area contributed by atoms with Gasteiger partial charge >= 0.3 is 0 Å². The number of hydrogen-bond acceptors (Lipinski definition) is 4. The number of benzene rings is 2. The molecule has 0 radical (unpaired) electrons. The van der Waals surface area contributed by atoms with Crippen LogP contribution < -0.4 is 5.32 Å². The van der Waals surface area contributed by atoms with Gasteiger partial charge in [0.15, 0.2) is 5.17 Å². The summed E-state index contributed by atoms with van der Waals surface area (Å²) in [4.78, 5) is 16.7. The Labute approximate surface area is 136 Å². The molecule has 0 saturated carbocycles. The lowest BCUT2D eigenvalue weighted by atomic mass is 10.1. The summed E-state index contributed by atoms with van der Waals surface area (Å²) < 4.78 is 12.9. The Bertz CT molecular complexity index is 849. The lowest BCUT2D eigenvalue weighted by molar-refractivity contribution is -0.115. The van der Waals surface area contributed by atoms with Crippen molar-refractivity contribution in [3.63, 3.8) is 0 Å². The Kier molecular flexibility index (Phi) is 4.22. The fraction of sp³-hybridized carbons (Fsp3) is 0. The molecular weight excluding hydrogens is 313 g/mol. The predicted octanol–water partition coefficient (Wildman–Crippen LogP) is 3.59. The van der Waals surface area contributed by atoms with E-state index >= 15 is 0 Å². The molecule has 112 valence electrons. The highest BCUT2D eigenvalue weighted by molar-refractivity contribution is 8.18. The van der Waals surface area contributed by atoms with Crippen molar-refractivity contribution in [3.05, 3.63) is 70.4 Å². The van der Waals surface area contributed by atoms with E-state index in [-0.39, 0.29) is 11.7 Å². The molecule has 3 rings (SSSR count). The maximum atomic E-state index is 12.9. The van der Waals surface area contributed by atoms with Gasteiger partial charge in [0.2, 0.25) is 0 Å². The molecule has 0 atom stereocenters. The Morgan fingerprint density at radius 1 is 1.13 bits per heavy atom. The van der Waals surface area contributed by atoms with Crippen molar-refractivity contribution < 1.29 is 9.18 Å². The molecule has 1 amide bonds. The predicted molar refractivity (Wildman–Crippen MR) is 88.4 cm³/mol. The summed E-state index contributed by atoms with van der Waals surface area (Å²) in [7, 11) is 0. The number of carbonyl (C=O) groups excluding carboxylic acids is 1. The zero-order valence-electron chi connectivity index (χ0n) is 11.8. The first kappa shape index (κ1) is 15.0. The maximum absolute atomic E-state index is 12.9. The number of amides is 1. The van der Waals surface area contributed by atoms with Crippen LogP contribution in [0.4, 0.5) is 10.1 Å². The molecule has 1 N–H and O–H groups in total. The number of nitriles is 1. The number of aliphatic imine (C=N–C) groups is 1. The Hall–Kier alpha value is -2.91. The molecule has 2 aromatic rings. The van der Waals surface area contributed by atoms with E-state index in [0.717, 1.165) is 5.56 Å². The number of carbonyl (C=O) groups is 1. The van der Waals surface area contributed by atoms with E-state index in [0.29, 0.717) is 21.3 Å². The number of nitrogens with one attached hydrogen (secondary N) is 1. The molecule has 0 bridgehead atoms. The van der Waals surface area contributed by atoms with Crippen molar-refractivity contribution in [1.82, 2.24) is 5.32 Å². The van der Waals surface area contributed by atoms with Crippen LogP contribution in [-0.2, 0) is 4.79 Å². The number of thioether (sulfide) groups is 1. The van der Waals surface area contributed by atoms with E-state index in [2.05, 4.69) is 10.3 Å². The number of amidine groups is 1. The summed E-state index contributed by atoms with van der Waals surface area (Å²) in [5, 5.41) is 11.9. The van der Waals surface area contributed by atoms with Gasteiger partial charge in [-0.1, -0.05) is 12.1 Å². The van der Waals surface area contributed by atoms with E-state index in [1.807, 2.05) is 6.07 Å². The van der Waals surface area contributed by atoms with Crippen molar-refractivity contribution in [3.8, 4) is 6.07 Å². The third-order valence-corrected chi connectivity index (χ3v) is 3.96. The van der Waals surface area contributed by atoms with Crippen LogP contribution in [-0.4, -0.2) is 11.1 Å². The molecule has 0 unspecified atom stereocenters. The average molecular weight is 323 g/mol. The minimum atomic E-state index is -0.335. The fourth-order valence-corrected chi connectivity index (χ4v) is 2.76. The Balaban J connectivity index is 1.80. The molecule has 2 aromatic carbocycles. The normalized spacial score (nSPS) is 17.3. The number of rotatable bonds is 2. The highest BCUT2D eigenvalue weighted by Crippen LogP contribution is 2.28. The summed E-state index contributed by atoms with van der Waals surface area (Å²) in [6.07, 6.45) is 1.73. The van der Waals surface area contributed by atoms with Crippen molar-refractivity contribution in [2.24, 2.45) is 4.99 Å². The topological polar surface area (TPSA) is 65.2 Å². The highest BCUT2D eigenvalue weighted by atomic mass is 32.2. The molecule has 6 heteroatoms. The molecule has 1 aliphatic rings. The minimum Gasteiger partial charge on any atom is -0.300 e. The monoisotopic (exact) mass is 323 g/mol. The third-order valence-electron chi connectivity index (χ3n) is 3.05. The number of hydrogen-bond donors (Lipinski definition) is 1. The molecule has 1 heterocycles. The third kappa shape index (κ3) is 3.65. The van der Waals surface area contributed by atoms with E-state index in [9.17, 15) is 9.18 Å². The molecule has 0 aromatic heterocycles.